The second-order valence-corrected chi connectivity index (χ2v) is 23.9. The third-order valence-electron chi connectivity index (χ3n) is 15.8. The first-order valence-corrected chi connectivity index (χ1v) is 26.2. The Morgan fingerprint density at radius 3 is 1.68 bits per heavy atom. The molecule has 364 valence electrons. The lowest BCUT2D eigenvalue weighted by molar-refractivity contribution is 0.174. The molecule has 0 radical (unpaired) electrons. The molecular weight excluding hydrogens is 904 g/mol. The topological polar surface area (TPSA) is 38.1 Å². The predicted octanol–water partition coefficient (Wildman–Crippen LogP) is 16.6. The van der Waals surface area contributed by atoms with E-state index in [4.69, 9.17) is 13.9 Å². The van der Waals surface area contributed by atoms with Crippen LogP contribution in [0.5, 0.6) is 11.5 Å². The number of aryl methyl sites for hydroxylation is 1. The average Bonchev–Trinajstić information content (AvgIpc) is 4.02. The summed E-state index contributed by atoms with van der Waals surface area (Å²) in [6.45, 7) is 23.0. The first-order valence-electron chi connectivity index (χ1n) is 26.2. The van der Waals surface area contributed by atoms with E-state index >= 15 is 0 Å². The first kappa shape index (κ1) is 45.9. The lowest BCUT2D eigenvalue weighted by Crippen LogP contribution is -2.61. The fraction of sp³-hybridized carbons (Fsp3) is 0.206. The Bertz CT molecular complexity index is 3830. The van der Waals surface area contributed by atoms with Gasteiger partial charge in [-0.1, -0.05) is 165 Å². The van der Waals surface area contributed by atoms with Gasteiger partial charge in [0.1, 0.15) is 11.2 Å². The summed E-state index contributed by atoms with van der Waals surface area (Å²) >= 11 is 0. The third kappa shape index (κ3) is 7.52. The monoisotopic (exact) mass is 964 g/mol. The SMILES string of the molecule is Cc1cc2c3c(c1)N(c1cccc4c1OCO4)c1ccc(C(C)(C)C)cc1B3c1ccc(-c3ccc4c(c3)oc3ccccc34)cc1N2c1cc(-c2ccc(C(C)(C)C)cc2)cc(-c2ccc(C(C)(C)C)cc2)c1. The van der Waals surface area contributed by atoms with Crippen LogP contribution in [0.15, 0.2) is 180 Å². The quantitative estimate of drug-likeness (QED) is 0.161. The molecule has 74 heavy (non-hydrogen) atoms. The first-order chi connectivity index (χ1) is 35.5. The van der Waals surface area contributed by atoms with Crippen molar-refractivity contribution in [3.8, 4) is 44.9 Å². The Morgan fingerprint density at radius 1 is 0.405 bits per heavy atom. The summed E-state index contributed by atoms with van der Waals surface area (Å²) in [7, 11) is 0. The number of hydrogen-bond acceptors (Lipinski definition) is 5. The molecule has 3 aliphatic heterocycles. The van der Waals surface area contributed by atoms with Crippen molar-refractivity contribution in [1.29, 1.82) is 0 Å². The number of hydrogen-bond donors (Lipinski definition) is 0. The van der Waals surface area contributed by atoms with Crippen molar-refractivity contribution in [2.45, 2.75) is 85.5 Å². The highest BCUT2D eigenvalue weighted by molar-refractivity contribution is 7.00. The van der Waals surface area contributed by atoms with Crippen molar-refractivity contribution < 1.29 is 13.9 Å². The van der Waals surface area contributed by atoms with E-state index in [1.165, 1.54) is 44.2 Å². The van der Waals surface area contributed by atoms with Crippen LogP contribution >= 0.6 is 0 Å². The average molecular weight is 965 g/mol. The minimum absolute atomic E-state index is 0.0322. The van der Waals surface area contributed by atoms with Gasteiger partial charge in [0.15, 0.2) is 11.5 Å². The maximum Gasteiger partial charge on any atom is 0.252 e. The lowest BCUT2D eigenvalue weighted by atomic mass is 9.33. The number of rotatable bonds is 5. The Labute approximate surface area is 436 Å². The zero-order chi connectivity index (χ0) is 51.0. The van der Waals surface area contributed by atoms with Gasteiger partial charge in [-0.3, -0.25) is 0 Å². The molecule has 0 amide bonds. The molecule has 0 unspecified atom stereocenters. The van der Waals surface area contributed by atoms with Gasteiger partial charge in [-0.2, -0.15) is 0 Å². The van der Waals surface area contributed by atoms with Gasteiger partial charge < -0.3 is 23.7 Å². The van der Waals surface area contributed by atoms with Gasteiger partial charge in [-0.15, -0.1) is 0 Å². The Hall–Kier alpha value is -7.96. The molecule has 5 nitrogen and oxygen atoms in total. The van der Waals surface area contributed by atoms with Gasteiger partial charge in [-0.05, 0) is 168 Å². The molecule has 0 bridgehead atoms. The Morgan fingerprint density at radius 2 is 1.00 bits per heavy atom. The van der Waals surface area contributed by atoms with Crippen LogP contribution in [-0.4, -0.2) is 13.5 Å². The highest BCUT2D eigenvalue weighted by Gasteiger charge is 2.45. The molecule has 4 heterocycles. The zero-order valence-electron chi connectivity index (χ0n) is 44.1. The molecule has 0 N–H and O–H groups in total. The van der Waals surface area contributed by atoms with E-state index in [1.54, 1.807) is 0 Å². The highest BCUT2D eigenvalue weighted by Crippen LogP contribution is 2.51. The Kier molecular flexibility index (Phi) is 10.2. The smallest absolute Gasteiger partial charge is 0.252 e. The molecule has 0 atom stereocenters. The summed E-state index contributed by atoms with van der Waals surface area (Å²) in [4.78, 5) is 5.00. The molecule has 0 saturated carbocycles. The molecule has 0 spiro atoms. The summed E-state index contributed by atoms with van der Waals surface area (Å²) in [5.74, 6) is 1.52. The summed E-state index contributed by atoms with van der Waals surface area (Å²) in [5.41, 5.74) is 24.1. The molecule has 0 saturated heterocycles. The second-order valence-electron chi connectivity index (χ2n) is 23.9. The standard InChI is InChI=1S/C68H61BN2O3/c1-41-32-59-64-60(33-41)71(57-15-13-17-62-65(57)73-40-72-62)56-31-28-50(68(8,9)10)39-55(56)69(64)54-30-23-44(45-22-29-53-52-14-11-12-16-61(52)74-63(53)38-45)37-58(54)70(59)51-35-46(42-18-24-48(25-19-42)66(2,3)4)34-47(36-51)43-20-26-49(27-21-43)67(5,6)7/h11-39H,40H2,1-10H3. The molecular formula is C68H61BN2O3. The van der Waals surface area contributed by atoms with Crippen LogP contribution in [0.3, 0.4) is 0 Å². The number of anilines is 6. The van der Waals surface area contributed by atoms with Gasteiger partial charge in [0.25, 0.3) is 6.71 Å². The van der Waals surface area contributed by atoms with Gasteiger partial charge in [0.05, 0.1) is 5.69 Å². The fourth-order valence-corrected chi connectivity index (χ4v) is 11.7. The van der Waals surface area contributed by atoms with Gasteiger partial charge in [0, 0.05) is 39.2 Å². The van der Waals surface area contributed by atoms with E-state index in [2.05, 4.69) is 243 Å². The summed E-state index contributed by atoms with van der Waals surface area (Å²) in [6, 6.07) is 66.0. The van der Waals surface area contributed by atoms with Crippen LogP contribution in [0.2, 0.25) is 0 Å². The zero-order valence-corrected chi connectivity index (χ0v) is 44.1. The van der Waals surface area contributed by atoms with Crippen molar-refractivity contribution in [2.75, 3.05) is 16.6 Å². The number of furan rings is 1. The van der Waals surface area contributed by atoms with Crippen molar-refractivity contribution in [3.63, 3.8) is 0 Å². The predicted molar refractivity (Wildman–Crippen MR) is 311 cm³/mol. The van der Waals surface area contributed by atoms with Gasteiger partial charge >= 0.3 is 0 Å². The molecule has 3 aliphatic rings. The summed E-state index contributed by atoms with van der Waals surface area (Å²) in [5, 5.41) is 2.25. The van der Waals surface area contributed by atoms with Crippen molar-refractivity contribution in [3.05, 3.63) is 198 Å². The number of nitrogens with zero attached hydrogens (tertiary/aromatic N) is 2. The third-order valence-corrected chi connectivity index (χ3v) is 15.8. The number of para-hydroxylation sites is 2. The van der Waals surface area contributed by atoms with E-state index in [9.17, 15) is 0 Å². The normalized spacial score (nSPS) is 13.9. The second kappa shape index (κ2) is 16.5. The number of benzene rings is 9. The molecule has 13 rings (SSSR count). The van der Waals surface area contributed by atoms with E-state index in [0.717, 1.165) is 95.4 Å². The van der Waals surface area contributed by atoms with Crippen LogP contribution in [0.25, 0.3) is 55.3 Å². The van der Waals surface area contributed by atoms with E-state index < -0.39 is 0 Å². The van der Waals surface area contributed by atoms with E-state index in [0.29, 0.717) is 0 Å². The minimum atomic E-state index is -0.0864. The summed E-state index contributed by atoms with van der Waals surface area (Å²) < 4.78 is 18.9. The highest BCUT2D eigenvalue weighted by atomic mass is 16.7. The van der Waals surface area contributed by atoms with Gasteiger partial charge in [0.2, 0.25) is 6.79 Å². The molecule has 9 aromatic carbocycles. The van der Waals surface area contributed by atoms with Crippen LogP contribution < -0.4 is 35.7 Å². The summed E-state index contributed by atoms with van der Waals surface area (Å²) in [6.07, 6.45) is 0. The lowest BCUT2D eigenvalue weighted by Gasteiger charge is -2.45. The molecule has 0 fully saturated rings. The van der Waals surface area contributed by atoms with Crippen molar-refractivity contribution in [1.82, 2.24) is 0 Å². The maximum absolute atomic E-state index is 6.51. The van der Waals surface area contributed by atoms with Crippen molar-refractivity contribution in [2.24, 2.45) is 0 Å². The molecule has 6 heteroatoms. The Balaban J connectivity index is 1.10. The van der Waals surface area contributed by atoms with Crippen LogP contribution in [0.1, 0.15) is 84.6 Å². The van der Waals surface area contributed by atoms with Crippen LogP contribution in [-0.2, 0) is 16.2 Å². The largest absolute Gasteiger partial charge is 0.456 e. The maximum atomic E-state index is 6.51. The van der Waals surface area contributed by atoms with E-state index in [1.807, 2.05) is 12.1 Å². The number of ether oxygens (including phenoxy) is 2. The van der Waals surface area contributed by atoms with Crippen molar-refractivity contribution >= 4 is 79.2 Å². The molecule has 10 aromatic rings. The fourth-order valence-electron chi connectivity index (χ4n) is 11.7. The van der Waals surface area contributed by atoms with E-state index in [-0.39, 0.29) is 29.8 Å². The van der Waals surface area contributed by atoms with Gasteiger partial charge in [-0.25, -0.2) is 0 Å². The minimum Gasteiger partial charge on any atom is -0.456 e. The number of fused-ring (bicyclic) bond motifs is 8. The van der Waals surface area contributed by atoms with Crippen LogP contribution in [0, 0.1) is 6.92 Å². The molecule has 1 aromatic heterocycles. The van der Waals surface area contributed by atoms with Crippen LogP contribution in [0.4, 0.5) is 34.1 Å². The molecule has 0 aliphatic carbocycles.